The molecule has 0 unspecified atom stereocenters. The highest BCUT2D eigenvalue weighted by atomic mass is 32.1. The number of carbonyl (C=O) groups is 1. The molecule has 0 aromatic heterocycles. The summed E-state index contributed by atoms with van der Waals surface area (Å²) in [5, 5.41) is 2.80. The Bertz CT molecular complexity index is 704. The molecule has 0 atom stereocenters. The highest BCUT2D eigenvalue weighted by Gasteiger charge is 2.11. The second kappa shape index (κ2) is 7.00. The van der Waals surface area contributed by atoms with Crippen molar-refractivity contribution in [3.05, 3.63) is 59.9 Å². The first-order chi connectivity index (χ1) is 10.5. The van der Waals surface area contributed by atoms with Crippen molar-refractivity contribution in [1.29, 1.82) is 0 Å². The van der Waals surface area contributed by atoms with Gasteiger partial charge in [0, 0.05) is 19.7 Å². The van der Waals surface area contributed by atoms with Crippen molar-refractivity contribution in [1.82, 2.24) is 4.90 Å². The van der Waals surface area contributed by atoms with Crippen molar-refractivity contribution in [2.24, 2.45) is 0 Å². The fourth-order valence-electron chi connectivity index (χ4n) is 1.65. The van der Waals surface area contributed by atoms with Crippen LogP contribution >= 0.6 is 12.2 Å². The molecular formula is C16H15FN2O2S. The zero-order valence-corrected chi connectivity index (χ0v) is 13.0. The highest BCUT2D eigenvalue weighted by molar-refractivity contribution is 7.80. The number of carbonyl (C=O) groups excluding carboxylic acids is 1. The average Bonchev–Trinajstić information content (AvgIpc) is 2.49. The average molecular weight is 318 g/mol. The van der Waals surface area contributed by atoms with Gasteiger partial charge in [-0.05, 0) is 42.5 Å². The lowest BCUT2D eigenvalue weighted by Gasteiger charge is -2.14. The van der Waals surface area contributed by atoms with E-state index < -0.39 is 11.7 Å². The van der Waals surface area contributed by atoms with Crippen LogP contribution in [0.1, 0.15) is 10.4 Å². The summed E-state index contributed by atoms with van der Waals surface area (Å²) in [4.78, 5) is 13.8. The Balaban J connectivity index is 2.14. The van der Waals surface area contributed by atoms with E-state index in [2.05, 4.69) is 5.32 Å². The molecule has 1 amide bonds. The zero-order chi connectivity index (χ0) is 16.1. The summed E-state index contributed by atoms with van der Waals surface area (Å²) in [7, 11) is 3.52. The van der Waals surface area contributed by atoms with Crippen LogP contribution in [0, 0.1) is 5.82 Å². The first-order valence-electron chi connectivity index (χ1n) is 6.52. The summed E-state index contributed by atoms with van der Waals surface area (Å²) in [6.45, 7) is 0. The maximum Gasteiger partial charge on any atom is 0.264 e. The molecule has 0 fully saturated rings. The molecule has 0 saturated heterocycles. The van der Waals surface area contributed by atoms with Gasteiger partial charge in [0.1, 0.15) is 11.6 Å². The van der Waals surface area contributed by atoms with Crippen LogP contribution in [-0.2, 0) is 0 Å². The molecule has 1 N–H and O–H groups in total. The Morgan fingerprint density at radius 2 is 1.91 bits per heavy atom. The maximum absolute atomic E-state index is 13.5. The monoisotopic (exact) mass is 318 g/mol. The van der Waals surface area contributed by atoms with Crippen LogP contribution in [0.15, 0.2) is 48.5 Å². The molecule has 114 valence electrons. The van der Waals surface area contributed by atoms with Gasteiger partial charge in [-0.3, -0.25) is 4.79 Å². The fraction of sp³-hybridized carbons (Fsp3) is 0.125. The predicted octanol–water partition coefficient (Wildman–Crippen LogP) is 3.30. The van der Waals surface area contributed by atoms with E-state index in [4.69, 9.17) is 17.0 Å². The Labute approximate surface area is 133 Å². The molecule has 0 bridgehead atoms. The van der Waals surface area contributed by atoms with Gasteiger partial charge in [0.05, 0.1) is 5.69 Å². The number of benzene rings is 2. The van der Waals surface area contributed by atoms with E-state index >= 15 is 0 Å². The Hall–Kier alpha value is -2.47. The Morgan fingerprint density at radius 1 is 1.18 bits per heavy atom. The molecule has 0 saturated carbocycles. The number of para-hydroxylation sites is 1. The number of nitrogens with zero attached hydrogens (tertiary/aromatic N) is 1. The fourth-order valence-corrected chi connectivity index (χ4v) is 1.75. The lowest BCUT2D eigenvalue weighted by atomic mass is 10.2. The first-order valence-corrected chi connectivity index (χ1v) is 6.93. The van der Waals surface area contributed by atoms with E-state index in [9.17, 15) is 9.18 Å². The molecule has 2 aromatic carbocycles. The van der Waals surface area contributed by atoms with Crippen LogP contribution < -0.4 is 10.1 Å². The van der Waals surface area contributed by atoms with Crippen LogP contribution in [0.25, 0.3) is 0 Å². The van der Waals surface area contributed by atoms with Crippen molar-refractivity contribution in [3.8, 4) is 5.75 Å². The molecule has 22 heavy (non-hydrogen) atoms. The molecule has 0 aliphatic heterocycles. The third-order valence-corrected chi connectivity index (χ3v) is 3.24. The van der Waals surface area contributed by atoms with Gasteiger partial charge in [-0.1, -0.05) is 18.2 Å². The molecule has 0 spiro atoms. The molecule has 0 aliphatic carbocycles. The lowest BCUT2D eigenvalue weighted by Crippen LogP contribution is -2.25. The Morgan fingerprint density at radius 3 is 2.59 bits per heavy atom. The quantitative estimate of drug-likeness (QED) is 0.882. The number of hydrogen-bond acceptors (Lipinski definition) is 3. The van der Waals surface area contributed by atoms with Gasteiger partial charge in [0.25, 0.3) is 11.1 Å². The summed E-state index contributed by atoms with van der Waals surface area (Å²) >= 11 is 5.04. The van der Waals surface area contributed by atoms with Crippen molar-refractivity contribution in [2.75, 3.05) is 19.4 Å². The molecule has 0 radical (unpaired) electrons. The maximum atomic E-state index is 13.5. The number of rotatable bonds is 3. The third-order valence-electron chi connectivity index (χ3n) is 2.79. The second-order valence-corrected chi connectivity index (χ2v) is 5.07. The van der Waals surface area contributed by atoms with Crippen LogP contribution in [0.3, 0.4) is 0 Å². The second-order valence-electron chi connectivity index (χ2n) is 4.72. The molecule has 0 heterocycles. The molecule has 2 rings (SSSR count). The van der Waals surface area contributed by atoms with E-state index in [-0.39, 0.29) is 10.9 Å². The van der Waals surface area contributed by atoms with Crippen molar-refractivity contribution in [2.45, 2.75) is 0 Å². The molecule has 0 aliphatic rings. The number of nitrogens with one attached hydrogen (secondary N) is 1. The minimum atomic E-state index is -0.489. The van der Waals surface area contributed by atoms with Crippen LogP contribution in [-0.4, -0.2) is 30.1 Å². The summed E-state index contributed by atoms with van der Waals surface area (Å²) in [6.07, 6.45) is 0. The van der Waals surface area contributed by atoms with Gasteiger partial charge >= 0.3 is 0 Å². The SMILES string of the molecule is CN(C)C(=S)Oc1cccc(C(=O)Nc2ccccc2F)c1. The van der Waals surface area contributed by atoms with Gasteiger partial charge in [-0.15, -0.1) is 0 Å². The van der Waals surface area contributed by atoms with Gasteiger partial charge in [0.2, 0.25) is 0 Å². The summed E-state index contributed by atoms with van der Waals surface area (Å²) in [5.41, 5.74) is 0.477. The molecular weight excluding hydrogens is 303 g/mol. The molecule has 2 aromatic rings. The van der Waals surface area contributed by atoms with Crippen LogP contribution in [0.4, 0.5) is 10.1 Å². The largest absolute Gasteiger partial charge is 0.432 e. The van der Waals surface area contributed by atoms with Crippen molar-refractivity contribution in [3.63, 3.8) is 0 Å². The number of amides is 1. The van der Waals surface area contributed by atoms with E-state index in [1.807, 2.05) is 0 Å². The lowest BCUT2D eigenvalue weighted by molar-refractivity contribution is 0.102. The Kier molecular flexibility index (Phi) is 5.06. The smallest absolute Gasteiger partial charge is 0.264 e. The number of anilines is 1. The van der Waals surface area contributed by atoms with Crippen LogP contribution in [0.2, 0.25) is 0 Å². The zero-order valence-electron chi connectivity index (χ0n) is 12.2. The predicted molar refractivity (Wildman–Crippen MR) is 87.7 cm³/mol. The first kappa shape index (κ1) is 15.9. The van der Waals surface area contributed by atoms with Crippen LogP contribution in [0.5, 0.6) is 5.75 Å². The topological polar surface area (TPSA) is 41.6 Å². The van der Waals surface area contributed by atoms with E-state index in [1.165, 1.54) is 12.1 Å². The van der Waals surface area contributed by atoms with Gasteiger partial charge in [-0.25, -0.2) is 4.39 Å². The molecule has 6 heteroatoms. The summed E-state index contributed by atoms with van der Waals surface area (Å²) in [5.74, 6) is -0.469. The van der Waals surface area contributed by atoms with Gasteiger partial charge in [0.15, 0.2) is 0 Å². The number of thiocarbonyl (C=S) groups is 1. The van der Waals surface area contributed by atoms with Crippen molar-refractivity contribution < 1.29 is 13.9 Å². The summed E-state index contributed by atoms with van der Waals surface area (Å²) in [6, 6.07) is 12.5. The molecule has 4 nitrogen and oxygen atoms in total. The summed E-state index contributed by atoms with van der Waals surface area (Å²) < 4.78 is 19.0. The van der Waals surface area contributed by atoms with E-state index in [0.717, 1.165) is 0 Å². The highest BCUT2D eigenvalue weighted by Crippen LogP contribution is 2.17. The number of halogens is 1. The third kappa shape index (κ3) is 4.02. The number of ether oxygens (including phenoxy) is 1. The normalized spacial score (nSPS) is 9.95. The van der Waals surface area contributed by atoms with E-state index in [0.29, 0.717) is 11.3 Å². The van der Waals surface area contributed by atoms with Gasteiger partial charge < -0.3 is 15.0 Å². The standard InChI is InChI=1S/C16H15FN2O2S/c1-19(2)16(22)21-12-7-5-6-11(10-12)15(20)18-14-9-4-3-8-13(14)17/h3-10H,1-2H3,(H,18,20). The van der Waals surface area contributed by atoms with Gasteiger partial charge in [-0.2, -0.15) is 0 Å². The minimum Gasteiger partial charge on any atom is -0.432 e. The van der Waals surface area contributed by atoms with E-state index in [1.54, 1.807) is 55.4 Å². The van der Waals surface area contributed by atoms with Crippen molar-refractivity contribution >= 4 is 29.0 Å². The minimum absolute atomic E-state index is 0.127. The number of hydrogen-bond donors (Lipinski definition) is 1.